The molecule has 138 valence electrons. The highest BCUT2D eigenvalue weighted by atomic mass is 16.5. The number of carbonyl (C=O) groups is 2. The summed E-state index contributed by atoms with van der Waals surface area (Å²) in [5, 5.41) is 0. The van der Waals surface area contributed by atoms with Gasteiger partial charge in [-0.2, -0.15) is 0 Å². The Kier molecular flexibility index (Phi) is 7.08. The molecule has 1 heterocycles. The summed E-state index contributed by atoms with van der Waals surface area (Å²) in [5.74, 6) is -0.309. The SMILES string of the molecule is CC(C)N(Cc1ccccc1)C(=O)COC(=O)CN(C)c1ncccn1. The number of amides is 1. The van der Waals surface area contributed by atoms with Crippen LogP contribution in [0.15, 0.2) is 48.8 Å². The molecule has 0 aliphatic carbocycles. The molecule has 0 bridgehead atoms. The van der Waals surface area contributed by atoms with E-state index < -0.39 is 5.97 Å². The Morgan fingerprint density at radius 1 is 1.08 bits per heavy atom. The third-order valence-electron chi connectivity index (χ3n) is 3.76. The van der Waals surface area contributed by atoms with Crippen LogP contribution in [-0.2, 0) is 20.9 Å². The van der Waals surface area contributed by atoms with Crippen molar-refractivity contribution in [2.75, 3.05) is 25.1 Å². The van der Waals surface area contributed by atoms with Crippen LogP contribution in [0.3, 0.4) is 0 Å². The molecule has 0 spiro atoms. The highest BCUT2D eigenvalue weighted by Gasteiger charge is 2.19. The van der Waals surface area contributed by atoms with Crippen molar-refractivity contribution in [3.8, 4) is 0 Å². The van der Waals surface area contributed by atoms with Gasteiger partial charge >= 0.3 is 5.97 Å². The molecule has 0 aliphatic heterocycles. The van der Waals surface area contributed by atoms with Gasteiger partial charge in [-0.15, -0.1) is 0 Å². The molecule has 0 radical (unpaired) electrons. The summed E-state index contributed by atoms with van der Waals surface area (Å²) in [5.41, 5.74) is 1.03. The van der Waals surface area contributed by atoms with Gasteiger partial charge in [0.1, 0.15) is 6.54 Å². The van der Waals surface area contributed by atoms with Gasteiger partial charge in [-0.1, -0.05) is 30.3 Å². The zero-order valence-corrected chi connectivity index (χ0v) is 15.3. The molecule has 0 N–H and O–H groups in total. The van der Waals surface area contributed by atoms with Crippen LogP contribution in [0.4, 0.5) is 5.95 Å². The molecule has 7 nitrogen and oxygen atoms in total. The van der Waals surface area contributed by atoms with Crippen molar-refractivity contribution in [1.82, 2.24) is 14.9 Å². The fourth-order valence-electron chi connectivity index (χ4n) is 2.36. The number of benzene rings is 1. The molecule has 26 heavy (non-hydrogen) atoms. The first-order valence-electron chi connectivity index (χ1n) is 8.44. The first-order valence-corrected chi connectivity index (χ1v) is 8.44. The second-order valence-electron chi connectivity index (χ2n) is 6.17. The smallest absolute Gasteiger partial charge is 0.326 e. The topological polar surface area (TPSA) is 75.6 Å². The van der Waals surface area contributed by atoms with Crippen LogP contribution >= 0.6 is 0 Å². The molecule has 0 unspecified atom stereocenters. The van der Waals surface area contributed by atoms with Gasteiger partial charge in [-0.3, -0.25) is 9.59 Å². The fourth-order valence-corrected chi connectivity index (χ4v) is 2.36. The maximum absolute atomic E-state index is 12.5. The minimum Gasteiger partial charge on any atom is -0.454 e. The average Bonchev–Trinajstić information content (AvgIpc) is 2.65. The van der Waals surface area contributed by atoms with Gasteiger partial charge < -0.3 is 14.5 Å². The summed E-state index contributed by atoms with van der Waals surface area (Å²) >= 11 is 0. The molecule has 0 saturated carbocycles. The van der Waals surface area contributed by atoms with E-state index in [1.807, 2.05) is 44.2 Å². The number of anilines is 1. The molecule has 7 heteroatoms. The Bertz CT molecular complexity index is 707. The lowest BCUT2D eigenvalue weighted by atomic mass is 10.2. The Balaban J connectivity index is 1.86. The zero-order chi connectivity index (χ0) is 18.9. The molecular formula is C19H24N4O3. The van der Waals surface area contributed by atoms with Crippen molar-refractivity contribution in [3.05, 3.63) is 54.4 Å². The Labute approximate surface area is 153 Å². The Morgan fingerprint density at radius 3 is 2.35 bits per heavy atom. The van der Waals surface area contributed by atoms with E-state index >= 15 is 0 Å². The van der Waals surface area contributed by atoms with Crippen LogP contribution in [0.25, 0.3) is 0 Å². The summed E-state index contributed by atoms with van der Waals surface area (Å²) < 4.78 is 5.14. The largest absolute Gasteiger partial charge is 0.454 e. The highest BCUT2D eigenvalue weighted by molar-refractivity contribution is 5.82. The quantitative estimate of drug-likeness (QED) is 0.673. The summed E-state index contributed by atoms with van der Waals surface area (Å²) in [6.45, 7) is 4.03. The van der Waals surface area contributed by atoms with E-state index in [9.17, 15) is 9.59 Å². The number of carbonyl (C=O) groups excluding carboxylic acids is 2. The molecule has 0 fully saturated rings. The van der Waals surface area contributed by atoms with Crippen molar-refractivity contribution >= 4 is 17.8 Å². The van der Waals surface area contributed by atoms with Gasteiger partial charge in [0.05, 0.1) is 0 Å². The van der Waals surface area contributed by atoms with Gasteiger partial charge in [0.2, 0.25) is 5.95 Å². The van der Waals surface area contributed by atoms with Crippen molar-refractivity contribution in [2.24, 2.45) is 0 Å². The number of likely N-dealkylation sites (N-methyl/N-ethyl adjacent to an activating group) is 1. The molecule has 2 rings (SSSR count). The van der Waals surface area contributed by atoms with Gasteiger partial charge in [-0.05, 0) is 25.5 Å². The van der Waals surface area contributed by atoms with Crippen molar-refractivity contribution in [1.29, 1.82) is 0 Å². The second-order valence-corrected chi connectivity index (χ2v) is 6.17. The summed E-state index contributed by atoms with van der Waals surface area (Å²) in [6, 6.07) is 11.4. The standard InChI is InChI=1S/C19H24N4O3/c1-15(2)23(12-16-8-5-4-6-9-16)17(24)14-26-18(25)13-22(3)19-20-10-7-11-21-19/h4-11,15H,12-14H2,1-3H3. The zero-order valence-electron chi connectivity index (χ0n) is 15.3. The number of aromatic nitrogens is 2. The van der Waals surface area contributed by atoms with Gasteiger partial charge in [0.25, 0.3) is 5.91 Å². The van der Waals surface area contributed by atoms with Crippen molar-refractivity contribution in [2.45, 2.75) is 26.4 Å². The number of ether oxygens (including phenoxy) is 1. The number of nitrogens with zero attached hydrogens (tertiary/aromatic N) is 4. The van der Waals surface area contributed by atoms with E-state index in [0.717, 1.165) is 5.56 Å². The molecular weight excluding hydrogens is 332 g/mol. The molecule has 0 saturated heterocycles. The number of hydrogen-bond acceptors (Lipinski definition) is 6. The van der Waals surface area contributed by atoms with E-state index in [4.69, 9.17) is 4.74 Å². The third kappa shape index (κ3) is 5.84. The number of esters is 1. The van der Waals surface area contributed by atoms with Crippen LogP contribution in [0.1, 0.15) is 19.4 Å². The summed E-state index contributed by atoms with van der Waals surface area (Å²) in [7, 11) is 1.69. The van der Waals surface area contributed by atoms with Gasteiger partial charge in [0, 0.05) is 32.0 Å². The van der Waals surface area contributed by atoms with E-state index in [1.165, 1.54) is 0 Å². The predicted octanol–water partition coefficient (Wildman–Crippen LogP) is 1.89. The first kappa shape index (κ1) is 19.4. The average molecular weight is 356 g/mol. The minimum atomic E-state index is -0.503. The molecule has 0 atom stereocenters. The molecule has 1 aromatic carbocycles. The minimum absolute atomic E-state index is 0.00167. The normalized spacial score (nSPS) is 10.5. The van der Waals surface area contributed by atoms with E-state index in [0.29, 0.717) is 12.5 Å². The lowest BCUT2D eigenvalue weighted by Crippen LogP contribution is -2.40. The van der Waals surface area contributed by atoms with Crippen molar-refractivity contribution < 1.29 is 14.3 Å². The first-order chi connectivity index (χ1) is 12.5. The third-order valence-corrected chi connectivity index (χ3v) is 3.76. The number of rotatable bonds is 8. The predicted molar refractivity (Wildman–Crippen MR) is 98.4 cm³/mol. The lowest BCUT2D eigenvalue weighted by molar-refractivity contribution is -0.152. The molecule has 1 amide bonds. The van der Waals surface area contributed by atoms with E-state index in [1.54, 1.807) is 35.3 Å². The number of hydrogen-bond donors (Lipinski definition) is 0. The van der Waals surface area contributed by atoms with Crippen LogP contribution in [-0.4, -0.2) is 53.0 Å². The van der Waals surface area contributed by atoms with Crippen molar-refractivity contribution in [3.63, 3.8) is 0 Å². The second kappa shape index (κ2) is 9.50. The Morgan fingerprint density at radius 2 is 1.73 bits per heavy atom. The molecule has 0 aliphatic rings. The fraction of sp³-hybridized carbons (Fsp3) is 0.368. The van der Waals surface area contributed by atoms with Crippen LogP contribution in [0.5, 0.6) is 0 Å². The maximum atomic E-state index is 12.5. The van der Waals surface area contributed by atoms with Crippen LogP contribution in [0, 0.1) is 0 Å². The van der Waals surface area contributed by atoms with E-state index in [2.05, 4.69) is 9.97 Å². The van der Waals surface area contributed by atoms with E-state index in [-0.39, 0.29) is 25.1 Å². The Hall–Kier alpha value is -2.96. The lowest BCUT2D eigenvalue weighted by Gasteiger charge is -2.27. The van der Waals surface area contributed by atoms with Gasteiger partial charge in [-0.25, -0.2) is 9.97 Å². The summed E-state index contributed by atoms with van der Waals surface area (Å²) in [6.07, 6.45) is 3.19. The van der Waals surface area contributed by atoms with Crippen LogP contribution in [0.2, 0.25) is 0 Å². The monoisotopic (exact) mass is 356 g/mol. The summed E-state index contributed by atoms with van der Waals surface area (Å²) in [4.78, 5) is 35.8. The maximum Gasteiger partial charge on any atom is 0.326 e. The van der Waals surface area contributed by atoms with Crippen LogP contribution < -0.4 is 4.90 Å². The molecule has 2 aromatic rings. The highest BCUT2D eigenvalue weighted by Crippen LogP contribution is 2.09. The van der Waals surface area contributed by atoms with Gasteiger partial charge in [0.15, 0.2) is 6.61 Å². The molecule has 1 aromatic heterocycles.